The number of hydrogen-bond acceptors (Lipinski definition) is 3. The number of benzene rings is 1. The van der Waals surface area contributed by atoms with E-state index in [1.54, 1.807) is 0 Å². The van der Waals surface area contributed by atoms with Crippen LogP contribution in [-0.4, -0.2) is 36.7 Å². The molecule has 0 saturated carbocycles. The van der Waals surface area contributed by atoms with Crippen LogP contribution in [0.2, 0.25) is 0 Å². The van der Waals surface area contributed by atoms with Gasteiger partial charge in [0.15, 0.2) is 0 Å². The molecule has 5 nitrogen and oxygen atoms in total. The van der Waals surface area contributed by atoms with Crippen molar-refractivity contribution in [2.24, 2.45) is 0 Å². The van der Waals surface area contributed by atoms with E-state index in [1.165, 1.54) is 7.11 Å². The molecule has 1 aromatic carbocycles. The van der Waals surface area contributed by atoms with Crippen LogP contribution in [0.25, 0.3) is 0 Å². The van der Waals surface area contributed by atoms with Crippen LogP contribution in [0.3, 0.4) is 0 Å². The summed E-state index contributed by atoms with van der Waals surface area (Å²) in [5.74, 6) is -1.49. The van der Waals surface area contributed by atoms with Gasteiger partial charge < -0.3 is 15.2 Å². The summed E-state index contributed by atoms with van der Waals surface area (Å²) in [7, 11) is 1.38. The van der Waals surface area contributed by atoms with E-state index >= 15 is 0 Å². The van der Waals surface area contributed by atoms with E-state index < -0.39 is 17.9 Å². The molecule has 98 valence electrons. The fraction of sp³-hybridized carbons (Fsp3) is 0.385. The van der Waals surface area contributed by atoms with Crippen molar-refractivity contribution in [2.75, 3.05) is 13.7 Å². The van der Waals surface area contributed by atoms with Crippen molar-refractivity contribution in [1.82, 2.24) is 5.32 Å². The number of rotatable bonds is 6. The van der Waals surface area contributed by atoms with Crippen molar-refractivity contribution < 1.29 is 19.4 Å². The number of carbonyl (C=O) groups excluding carboxylic acids is 1. The first-order valence-corrected chi connectivity index (χ1v) is 5.59. The molecule has 5 heteroatoms. The van der Waals surface area contributed by atoms with E-state index in [4.69, 9.17) is 5.11 Å². The van der Waals surface area contributed by atoms with Crippen LogP contribution in [0.4, 0.5) is 0 Å². The van der Waals surface area contributed by atoms with Crippen LogP contribution in [0, 0.1) is 6.92 Å². The third-order valence-electron chi connectivity index (χ3n) is 2.47. The zero-order chi connectivity index (χ0) is 13.5. The van der Waals surface area contributed by atoms with Gasteiger partial charge in [-0.15, -0.1) is 0 Å². The molecule has 2 N–H and O–H groups in total. The minimum absolute atomic E-state index is 0.141. The Hall–Kier alpha value is -1.88. The number of aryl methyl sites for hydroxylation is 1. The molecule has 0 aliphatic carbocycles. The average molecular weight is 251 g/mol. The zero-order valence-corrected chi connectivity index (χ0v) is 10.5. The highest BCUT2D eigenvalue weighted by atomic mass is 16.5. The topological polar surface area (TPSA) is 75.6 Å². The van der Waals surface area contributed by atoms with Gasteiger partial charge in [0, 0.05) is 13.5 Å². The summed E-state index contributed by atoms with van der Waals surface area (Å²) in [4.78, 5) is 22.4. The second-order valence-electron chi connectivity index (χ2n) is 4.08. The van der Waals surface area contributed by atoms with E-state index in [1.807, 2.05) is 31.2 Å². The molecule has 18 heavy (non-hydrogen) atoms. The zero-order valence-electron chi connectivity index (χ0n) is 10.5. The largest absolute Gasteiger partial charge is 0.480 e. The lowest BCUT2D eigenvalue weighted by Crippen LogP contribution is -2.43. The first kappa shape index (κ1) is 14.2. The van der Waals surface area contributed by atoms with Crippen molar-refractivity contribution >= 4 is 11.9 Å². The molecule has 1 atom stereocenters. The van der Waals surface area contributed by atoms with E-state index in [-0.39, 0.29) is 13.0 Å². The first-order chi connectivity index (χ1) is 8.52. The van der Waals surface area contributed by atoms with Crippen LogP contribution in [0.5, 0.6) is 0 Å². The smallest absolute Gasteiger partial charge is 0.326 e. The van der Waals surface area contributed by atoms with Gasteiger partial charge in [0.1, 0.15) is 12.6 Å². The summed E-state index contributed by atoms with van der Waals surface area (Å²) in [6.07, 6.45) is 0.255. The predicted molar refractivity (Wildman–Crippen MR) is 66.3 cm³/mol. The molecule has 0 bridgehead atoms. The Kier molecular flexibility index (Phi) is 5.32. The van der Waals surface area contributed by atoms with Gasteiger partial charge in [-0.05, 0) is 12.5 Å². The maximum atomic E-state index is 11.3. The maximum Gasteiger partial charge on any atom is 0.326 e. The van der Waals surface area contributed by atoms with Crippen molar-refractivity contribution in [2.45, 2.75) is 19.4 Å². The van der Waals surface area contributed by atoms with Gasteiger partial charge >= 0.3 is 5.97 Å². The van der Waals surface area contributed by atoms with E-state index in [0.717, 1.165) is 11.1 Å². The van der Waals surface area contributed by atoms with Gasteiger partial charge in [0.05, 0.1) is 0 Å². The highest BCUT2D eigenvalue weighted by molar-refractivity contribution is 5.84. The minimum atomic E-state index is -1.06. The fourth-order valence-corrected chi connectivity index (χ4v) is 1.53. The number of amides is 1. The van der Waals surface area contributed by atoms with Gasteiger partial charge in [0.25, 0.3) is 0 Å². The Morgan fingerprint density at radius 2 is 1.94 bits per heavy atom. The second kappa shape index (κ2) is 6.76. The summed E-state index contributed by atoms with van der Waals surface area (Å²) in [6, 6.07) is 6.59. The Bertz CT molecular complexity index is 414. The number of carboxylic acid groups (broad SMARTS) is 1. The third kappa shape index (κ3) is 4.55. The second-order valence-corrected chi connectivity index (χ2v) is 4.08. The molecule has 0 aromatic heterocycles. The van der Waals surface area contributed by atoms with Crippen molar-refractivity contribution in [3.05, 3.63) is 35.4 Å². The molecule has 1 amide bonds. The van der Waals surface area contributed by atoms with Crippen LogP contribution in [-0.2, 0) is 20.7 Å². The number of carbonyl (C=O) groups is 2. The molecule has 0 aliphatic rings. The van der Waals surface area contributed by atoms with Gasteiger partial charge in [-0.3, -0.25) is 4.79 Å². The molecule has 0 saturated heterocycles. The molecule has 0 heterocycles. The van der Waals surface area contributed by atoms with Crippen molar-refractivity contribution in [3.8, 4) is 0 Å². The Balaban J connectivity index is 2.65. The molecule has 0 unspecified atom stereocenters. The number of nitrogens with one attached hydrogen (secondary N) is 1. The highest BCUT2D eigenvalue weighted by Crippen LogP contribution is 2.06. The average Bonchev–Trinajstić information content (AvgIpc) is 2.31. The number of aliphatic carboxylic acids is 1. The van der Waals surface area contributed by atoms with Crippen molar-refractivity contribution in [1.29, 1.82) is 0 Å². The molecular weight excluding hydrogens is 234 g/mol. The quantitative estimate of drug-likeness (QED) is 0.782. The summed E-state index contributed by atoms with van der Waals surface area (Å²) < 4.78 is 4.65. The van der Waals surface area contributed by atoms with Gasteiger partial charge in [-0.1, -0.05) is 29.8 Å². The third-order valence-corrected chi connectivity index (χ3v) is 2.47. The van der Waals surface area contributed by atoms with Crippen LogP contribution < -0.4 is 5.32 Å². The number of hydrogen-bond donors (Lipinski definition) is 2. The monoisotopic (exact) mass is 251 g/mol. The van der Waals surface area contributed by atoms with E-state index in [0.29, 0.717) is 0 Å². The first-order valence-electron chi connectivity index (χ1n) is 5.59. The molecule has 0 radical (unpaired) electrons. The standard InChI is InChI=1S/C13H17NO4/c1-9-3-5-10(6-4-9)7-11(13(16)17)14-12(15)8-18-2/h3-6,11H,7-8H2,1-2H3,(H,14,15)(H,16,17)/t11-/m1/s1. The van der Waals surface area contributed by atoms with Crippen LogP contribution in [0.15, 0.2) is 24.3 Å². The SMILES string of the molecule is COCC(=O)N[C@H](Cc1ccc(C)cc1)C(=O)O. The van der Waals surface area contributed by atoms with E-state index in [2.05, 4.69) is 10.1 Å². The maximum absolute atomic E-state index is 11.3. The van der Waals surface area contributed by atoms with Gasteiger partial charge in [-0.2, -0.15) is 0 Å². The Morgan fingerprint density at radius 3 is 2.44 bits per heavy atom. The Morgan fingerprint density at radius 1 is 1.33 bits per heavy atom. The fourth-order valence-electron chi connectivity index (χ4n) is 1.53. The van der Waals surface area contributed by atoms with Crippen molar-refractivity contribution in [3.63, 3.8) is 0 Å². The normalized spacial score (nSPS) is 11.9. The molecule has 0 fully saturated rings. The van der Waals surface area contributed by atoms with Gasteiger partial charge in [0.2, 0.25) is 5.91 Å². The number of carboxylic acids is 1. The molecule has 0 aliphatic heterocycles. The lowest BCUT2D eigenvalue weighted by Gasteiger charge is -2.14. The molecule has 0 spiro atoms. The summed E-state index contributed by atoms with van der Waals surface area (Å²) in [5.41, 5.74) is 1.97. The predicted octanol–water partition coefficient (Wildman–Crippen LogP) is 0.753. The Labute approximate surface area is 106 Å². The van der Waals surface area contributed by atoms with Crippen LogP contribution >= 0.6 is 0 Å². The number of methoxy groups -OCH3 is 1. The lowest BCUT2D eigenvalue weighted by atomic mass is 10.0. The highest BCUT2D eigenvalue weighted by Gasteiger charge is 2.20. The lowest BCUT2D eigenvalue weighted by molar-refractivity contribution is -0.142. The molecular formula is C13H17NO4. The van der Waals surface area contributed by atoms with Crippen LogP contribution in [0.1, 0.15) is 11.1 Å². The van der Waals surface area contributed by atoms with E-state index in [9.17, 15) is 9.59 Å². The molecule has 1 aromatic rings. The molecule has 1 rings (SSSR count). The number of ether oxygens (including phenoxy) is 1. The summed E-state index contributed by atoms with van der Waals surface area (Å²) in [6.45, 7) is 1.82. The summed E-state index contributed by atoms with van der Waals surface area (Å²) >= 11 is 0. The summed E-state index contributed by atoms with van der Waals surface area (Å²) in [5, 5.41) is 11.5. The minimum Gasteiger partial charge on any atom is -0.480 e. The van der Waals surface area contributed by atoms with Gasteiger partial charge in [-0.25, -0.2) is 4.79 Å².